The van der Waals surface area contributed by atoms with Gasteiger partial charge in [0, 0.05) is 16.5 Å². The van der Waals surface area contributed by atoms with Crippen molar-refractivity contribution in [2.45, 2.75) is 0 Å². The van der Waals surface area contributed by atoms with Gasteiger partial charge in [-0.15, -0.1) is 0 Å². The quantitative estimate of drug-likeness (QED) is 0.129. The number of aromatic nitrogens is 1. The Bertz CT molecular complexity index is 2240. The fourth-order valence-corrected chi connectivity index (χ4v) is 5.71. The molecule has 0 spiro atoms. The zero-order chi connectivity index (χ0) is 26.5. The average molecular weight is 495 g/mol. The molecule has 7 rings (SSSR count). The summed E-state index contributed by atoms with van der Waals surface area (Å²) in [5.41, 5.74) is 6.43. The second kappa shape index (κ2) is 8.60. The standard InChI is InChI=1S/C35H18N4/c1-36-29-21-31-32(34(38-3)33(29)37-2)27-18-24-16-10-11-17-25(24)19-28(27)35-26(22-12-6-4-7-13-22)20-30(39(31)35)23-14-8-5-9-15-23/h4-21H. The molecule has 0 aliphatic carbocycles. The molecule has 39 heavy (non-hydrogen) atoms. The predicted molar refractivity (Wildman–Crippen MR) is 160 cm³/mol. The van der Waals surface area contributed by atoms with Gasteiger partial charge < -0.3 is 4.40 Å². The van der Waals surface area contributed by atoms with Crippen LogP contribution in [0.3, 0.4) is 0 Å². The van der Waals surface area contributed by atoms with Crippen molar-refractivity contribution in [1.29, 1.82) is 0 Å². The summed E-state index contributed by atoms with van der Waals surface area (Å²) in [5.74, 6) is 0. The molecule has 7 aromatic rings. The van der Waals surface area contributed by atoms with E-state index in [1.165, 1.54) is 0 Å². The first kappa shape index (κ1) is 22.3. The fourth-order valence-electron chi connectivity index (χ4n) is 5.71. The monoisotopic (exact) mass is 494 g/mol. The van der Waals surface area contributed by atoms with E-state index in [0.717, 1.165) is 55.0 Å². The summed E-state index contributed by atoms with van der Waals surface area (Å²) in [6.07, 6.45) is 0. The second-order valence-electron chi connectivity index (χ2n) is 9.43. The van der Waals surface area contributed by atoms with E-state index in [-0.39, 0.29) is 17.1 Å². The van der Waals surface area contributed by atoms with Crippen molar-refractivity contribution in [1.82, 2.24) is 4.40 Å². The zero-order valence-electron chi connectivity index (χ0n) is 20.7. The molecule has 2 heterocycles. The molecule has 4 heteroatoms. The van der Waals surface area contributed by atoms with E-state index in [2.05, 4.69) is 73.5 Å². The lowest BCUT2D eigenvalue weighted by molar-refractivity contribution is 1.29. The van der Waals surface area contributed by atoms with Gasteiger partial charge in [0.25, 0.3) is 0 Å². The van der Waals surface area contributed by atoms with Crippen molar-refractivity contribution in [3.8, 4) is 22.4 Å². The Balaban J connectivity index is 1.85. The van der Waals surface area contributed by atoms with Crippen LogP contribution in [-0.2, 0) is 0 Å². The number of hydrogen-bond donors (Lipinski definition) is 0. The molecule has 0 unspecified atom stereocenters. The maximum Gasteiger partial charge on any atom is 0.201 e. The molecule has 2 aromatic heterocycles. The molecule has 0 saturated carbocycles. The van der Waals surface area contributed by atoms with Gasteiger partial charge in [0.1, 0.15) is 0 Å². The number of hydrogen-bond acceptors (Lipinski definition) is 0. The van der Waals surface area contributed by atoms with Crippen molar-refractivity contribution >= 4 is 55.0 Å². The molecule has 5 aromatic carbocycles. The minimum Gasteiger partial charge on any atom is -0.311 e. The number of benzene rings is 5. The van der Waals surface area contributed by atoms with Gasteiger partial charge in [-0.3, -0.25) is 14.5 Å². The molecule has 0 radical (unpaired) electrons. The Morgan fingerprint density at radius 2 is 1.13 bits per heavy atom. The highest BCUT2D eigenvalue weighted by atomic mass is 14.9. The Kier molecular flexibility index (Phi) is 4.92. The van der Waals surface area contributed by atoms with Gasteiger partial charge in [-0.2, -0.15) is 0 Å². The van der Waals surface area contributed by atoms with E-state index in [1.54, 1.807) is 6.07 Å². The Morgan fingerprint density at radius 1 is 0.538 bits per heavy atom. The van der Waals surface area contributed by atoms with Crippen LogP contribution >= 0.6 is 0 Å². The smallest absolute Gasteiger partial charge is 0.201 e. The van der Waals surface area contributed by atoms with Crippen molar-refractivity contribution in [3.05, 3.63) is 143 Å². The van der Waals surface area contributed by atoms with E-state index in [9.17, 15) is 0 Å². The summed E-state index contributed by atoms with van der Waals surface area (Å²) in [6, 6.07) is 37.0. The molecule has 0 N–H and O–H groups in total. The van der Waals surface area contributed by atoms with Gasteiger partial charge in [0.15, 0.2) is 11.4 Å². The predicted octanol–water partition coefficient (Wildman–Crippen LogP) is 10.4. The summed E-state index contributed by atoms with van der Waals surface area (Å²) in [5, 5.41) is 4.75. The highest BCUT2D eigenvalue weighted by molar-refractivity contribution is 6.25. The minimum atomic E-state index is 0.109. The second-order valence-corrected chi connectivity index (χ2v) is 9.43. The molecular formula is C35H18N4. The summed E-state index contributed by atoms with van der Waals surface area (Å²) in [7, 11) is 0. The molecule has 0 amide bonds. The lowest BCUT2D eigenvalue weighted by Crippen LogP contribution is -1.95. The first-order valence-corrected chi connectivity index (χ1v) is 12.5. The molecule has 178 valence electrons. The summed E-state index contributed by atoms with van der Waals surface area (Å²) >= 11 is 0. The van der Waals surface area contributed by atoms with Gasteiger partial charge in [-0.05, 0) is 56.9 Å². The largest absolute Gasteiger partial charge is 0.311 e. The van der Waals surface area contributed by atoms with Crippen LogP contribution in [0, 0.1) is 19.7 Å². The van der Waals surface area contributed by atoms with E-state index in [0.29, 0.717) is 5.39 Å². The molecule has 0 atom stereocenters. The molecule has 0 saturated heterocycles. The van der Waals surface area contributed by atoms with Gasteiger partial charge in [-0.1, -0.05) is 84.9 Å². The molecule has 0 bridgehead atoms. The van der Waals surface area contributed by atoms with Crippen LogP contribution < -0.4 is 0 Å². The third kappa shape index (κ3) is 3.22. The first-order chi connectivity index (χ1) is 19.2. The summed E-state index contributed by atoms with van der Waals surface area (Å²) in [6.45, 7) is 23.8. The Labute approximate surface area is 225 Å². The summed E-state index contributed by atoms with van der Waals surface area (Å²) in [4.78, 5) is 11.2. The van der Waals surface area contributed by atoms with Crippen LogP contribution in [0.25, 0.3) is 74.9 Å². The lowest BCUT2D eigenvalue weighted by atomic mass is 9.96. The van der Waals surface area contributed by atoms with Gasteiger partial charge in [0.05, 0.1) is 30.9 Å². The third-order valence-corrected chi connectivity index (χ3v) is 7.38. The first-order valence-electron chi connectivity index (χ1n) is 12.5. The van der Waals surface area contributed by atoms with Crippen LogP contribution in [0.2, 0.25) is 0 Å². The third-order valence-electron chi connectivity index (χ3n) is 7.38. The normalized spacial score (nSPS) is 11.0. The minimum absolute atomic E-state index is 0.109. The van der Waals surface area contributed by atoms with E-state index in [1.807, 2.05) is 48.5 Å². The van der Waals surface area contributed by atoms with Crippen molar-refractivity contribution < 1.29 is 0 Å². The maximum absolute atomic E-state index is 8.12. The molecule has 0 fully saturated rings. The van der Waals surface area contributed by atoms with Crippen molar-refractivity contribution in [2.24, 2.45) is 0 Å². The zero-order valence-corrected chi connectivity index (χ0v) is 20.7. The van der Waals surface area contributed by atoms with E-state index >= 15 is 0 Å². The van der Waals surface area contributed by atoms with Crippen molar-refractivity contribution in [2.75, 3.05) is 0 Å². The van der Waals surface area contributed by atoms with Crippen LogP contribution in [0.1, 0.15) is 0 Å². The van der Waals surface area contributed by atoms with Gasteiger partial charge in [-0.25, -0.2) is 0 Å². The topological polar surface area (TPSA) is 17.5 Å². The van der Waals surface area contributed by atoms with E-state index in [4.69, 9.17) is 19.7 Å². The van der Waals surface area contributed by atoms with Crippen LogP contribution in [-0.4, -0.2) is 4.40 Å². The molecule has 0 aliphatic rings. The SMILES string of the molecule is [C-]#[N+]c1cc2c(c([N+]#[C-])c1[N+]#[C-])c1cc3ccccc3cc1c1c(-c3ccccc3)cc(-c3ccccc3)n21. The van der Waals surface area contributed by atoms with Crippen LogP contribution in [0.5, 0.6) is 0 Å². The highest BCUT2D eigenvalue weighted by Crippen LogP contribution is 2.50. The number of pyridine rings is 1. The molecule has 4 nitrogen and oxygen atoms in total. The van der Waals surface area contributed by atoms with Gasteiger partial charge in [0.2, 0.25) is 5.69 Å². The molecule has 0 aliphatic heterocycles. The number of fused-ring (bicyclic) bond motifs is 7. The number of rotatable bonds is 2. The van der Waals surface area contributed by atoms with Crippen LogP contribution in [0.4, 0.5) is 17.1 Å². The summed E-state index contributed by atoms with van der Waals surface area (Å²) < 4.78 is 2.18. The van der Waals surface area contributed by atoms with E-state index < -0.39 is 0 Å². The highest BCUT2D eigenvalue weighted by Gasteiger charge is 2.23. The Morgan fingerprint density at radius 3 is 1.74 bits per heavy atom. The van der Waals surface area contributed by atoms with Crippen molar-refractivity contribution in [3.63, 3.8) is 0 Å². The molecular weight excluding hydrogens is 476 g/mol. The van der Waals surface area contributed by atoms with Gasteiger partial charge >= 0.3 is 0 Å². The van der Waals surface area contributed by atoms with Crippen LogP contribution in [0.15, 0.2) is 109 Å². The average Bonchev–Trinajstić information content (AvgIpc) is 3.41. The fraction of sp³-hybridized carbons (Fsp3) is 0. The maximum atomic E-state index is 8.12. The Hall–Kier alpha value is -5.89. The number of nitrogens with zero attached hydrogens (tertiary/aromatic N) is 4. The lowest BCUT2D eigenvalue weighted by Gasteiger charge is -2.17.